The third kappa shape index (κ3) is 2.46. The van der Waals surface area contributed by atoms with E-state index in [9.17, 15) is 9.59 Å². The van der Waals surface area contributed by atoms with Crippen molar-refractivity contribution in [3.8, 4) is 22.8 Å². The Kier molecular flexibility index (Phi) is 3.61. The van der Waals surface area contributed by atoms with Crippen molar-refractivity contribution in [2.45, 2.75) is 0 Å². The summed E-state index contributed by atoms with van der Waals surface area (Å²) in [5, 5.41) is 5.08. The molecule has 0 saturated heterocycles. The lowest BCUT2D eigenvalue weighted by Crippen LogP contribution is -2.29. The molecular weight excluding hydrogens is 398 g/mol. The number of anilines is 1. The molecule has 4 aromatic rings. The highest BCUT2D eigenvalue weighted by Crippen LogP contribution is 2.39. The van der Waals surface area contributed by atoms with Gasteiger partial charge in [0.25, 0.3) is 11.8 Å². The predicted molar refractivity (Wildman–Crippen MR) is 110 cm³/mol. The summed E-state index contributed by atoms with van der Waals surface area (Å²) in [7, 11) is 1.75. The van der Waals surface area contributed by atoms with Crippen LogP contribution in [-0.4, -0.2) is 44.8 Å². The normalized spacial score (nSPS) is 14.9. The summed E-state index contributed by atoms with van der Waals surface area (Å²) < 4.78 is 12.8. The Morgan fingerprint density at radius 1 is 1.00 bits per heavy atom. The maximum Gasteiger partial charge on any atom is 0.267 e. The quantitative estimate of drug-likeness (QED) is 0.466. The summed E-state index contributed by atoms with van der Waals surface area (Å²) in [6.07, 6.45) is 4.77. The molecule has 0 atom stereocenters. The second-order valence-electron chi connectivity index (χ2n) is 7.23. The van der Waals surface area contributed by atoms with Gasteiger partial charge in [-0.05, 0) is 24.3 Å². The van der Waals surface area contributed by atoms with Crippen molar-refractivity contribution in [3.05, 3.63) is 60.0 Å². The number of rotatable bonds is 2. The molecule has 1 aromatic carbocycles. The number of carbonyl (C=O) groups is 2. The van der Waals surface area contributed by atoms with Crippen LogP contribution in [-0.2, 0) is 7.05 Å². The molecule has 2 amide bonds. The molecular formula is C22H15N5O4. The molecule has 152 valence electrons. The van der Waals surface area contributed by atoms with Crippen LogP contribution in [0.15, 0.2) is 48.9 Å². The second kappa shape index (κ2) is 6.36. The Hall–Kier alpha value is -4.27. The van der Waals surface area contributed by atoms with Crippen LogP contribution >= 0.6 is 0 Å². The first-order valence-corrected chi connectivity index (χ1v) is 9.68. The maximum atomic E-state index is 13.5. The van der Waals surface area contributed by atoms with E-state index in [1.165, 1.54) is 6.20 Å². The van der Waals surface area contributed by atoms with Crippen LogP contribution < -0.4 is 14.4 Å². The van der Waals surface area contributed by atoms with Crippen molar-refractivity contribution in [1.29, 1.82) is 0 Å². The van der Waals surface area contributed by atoms with Crippen LogP contribution in [0.1, 0.15) is 20.7 Å². The van der Waals surface area contributed by atoms with E-state index in [1.807, 2.05) is 6.07 Å². The molecule has 0 aliphatic carbocycles. The molecule has 0 N–H and O–H groups in total. The summed E-state index contributed by atoms with van der Waals surface area (Å²) in [4.78, 5) is 36.5. The smallest absolute Gasteiger partial charge is 0.267 e. The van der Waals surface area contributed by atoms with Crippen LogP contribution in [0.4, 0.5) is 5.69 Å². The molecule has 0 spiro atoms. The average Bonchev–Trinajstić information content (AvgIpc) is 3.28. The van der Waals surface area contributed by atoms with Crippen molar-refractivity contribution in [2.75, 3.05) is 18.1 Å². The van der Waals surface area contributed by atoms with E-state index in [0.29, 0.717) is 47.1 Å². The van der Waals surface area contributed by atoms with Crippen molar-refractivity contribution in [2.24, 2.45) is 7.05 Å². The van der Waals surface area contributed by atoms with Gasteiger partial charge in [0.2, 0.25) is 0 Å². The Morgan fingerprint density at radius 3 is 2.65 bits per heavy atom. The van der Waals surface area contributed by atoms with Crippen molar-refractivity contribution in [1.82, 2.24) is 19.7 Å². The van der Waals surface area contributed by atoms with Crippen LogP contribution in [0.2, 0.25) is 0 Å². The molecule has 2 aliphatic rings. The summed E-state index contributed by atoms with van der Waals surface area (Å²) in [6, 6.07) is 8.67. The number of carbonyl (C=O) groups excluding carboxylic acids is 2. The highest BCUT2D eigenvalue weighted by Gasteiger charge is 2.40. The molecule has 9 nitrogen and oxygen atoms in total. The van der Waals surface area contributed by atoms with E-state index >= 15 is 0 Å². The summed E-state index contributed by atoms with van der Waals surface area (Å²) in [6.45, 7) is 0.869. The summed E-state index contributed by atoms with van der Waals surface area (Å²) >= 11 is 0. The summed E-state index contributed by atoms with van der Waals surface area (Å²) in [5.41, 5.74) is 2.75. The zero-order chi connectivity index (χ0) is 21.1. The van der Waals surface area contributed by atoms with Crippen molar-refractivity contribution in [3.63, 3.8) is 0 Å². The van der Waals surface area contributed by atoms with Gasteiger partial charge in [0, 0.05) is 37.3 Å². The number of aryl methyl sites for hydroxylation is 1. The SMILES string of the molecule is Cn1nc(-c2cccnc2)c2c3c(cnc21)C(=O)N(c1ccc2c(c1)OCCO2)C3=O. The number of aromatic nitrogens is 4. The highest BCUT2D eigenvalue weighted by molar-refractivity contribution is 6.38. The lowest BCUT2D eigenvalue weighted by molar-refractivity contribution is 0.0926. The van der Waals surface area contributed by atoms with Gasteiger partial charge < -0.3 is 9.47 Å². The predicted octanol–water partition coefficient (Wildman–Crippen LogP) is 2.60. The second-order valence-corrected chi connectivity index (χ2v) is 7.23. The van der Waals surface area contributed by atoms with Gasteiger partial charge in [-0.15, -0.1) is 0 Å². The Labute approximate surface area is 175 Å². The fourth-order valence-electron chi connectivity index (χ4n) is 4.04. The number of fused-ring (bicyclic) bond motifs is 4. The Bertz CT molecular complexity index is 1400. The Balaban J connectivity index is 1.54. The fraction of sp³-hybridized carbons (Fsp3) is 0.136. The number of benzene rings is 1. The zero-order valence-electron chi connectivity index (χ0n) is 16.4. The monoisotopic (exact) mass is 413 g/mol. The van der Waals surface area contributed by atoms with Gasteiger partial charge in [-0.1, -0.05) is 0 Å². The number of ether oxygens (including phenoxy) is 2. The number of amides is 2. The number of hydrogen-bond donors (Lipinski definition) is 0. The van der Waals surface area contributed by atoms with Crippen molar-refractivity contribution >= 4 is 28.5 Å². The molecule has 0 unspecified atom stereocenters. The Morgan fingerprint density at radius 2 is 1.84 bits per heavy atom. The molecule has 0 bridgehead atoms. The van der Waals surface area contributed by atoms with Gasteiger partial charge in [-0.2, -0.15) is 5.10 Å². The minimum atomic E-state index is -0.438. The first-order chi connectivity index (χ1) is 15.1. The van der Waals surface area contributed by atoms with Crippen LogP contribution in [0.25, 0.3) is 22.3 Å². The van der Waals surface area contributed by atoms with E-state index in [2.05, 4.69) is 15.1 Å². The van der Waals surface area contributed by atoms with Crippen LogP contribution in [0, 0.1) is 0 Å². The van der Waals surface area contributed by atoms with Gasteiger partial charge in [0.05, 0.1) is 22.2 Å². The largest absolute Gasteiger partial charge is 0.486 e. The maximum absolute atomic E-state index is 13.5. The standard InChI is InChI=1S/C22H15N5O4/c1-26-20-18(19(25-26)12-3-2-6-23-10-12)17-14(11-24-20)21(28)27(22(17)29)13-4-5-15-16(9-13)31-8-7-30-15/h2-6,9-11H,7-8H2,1H3. The number of nitrogens with zero attached hydrogens (tertiary/aromatic N) is 5. The van der Waals surface area contributed by atoms with Gasteiger partial charge in [-0.3, -0.25) is 14.6 Å². The molecule has 2 aliphatic heterocycles. The molecule has 9 heteroatoms. The highest BCUT2D eigenvalue weighted by atomic mass is 16.6. The summed E-state index contributed by atoms with van der Waals surface area (Å²) in [5.74, 6) is 0.220. The number of imide groups is 1. The van der Waals surface area contributed by atoms with Gasteiger partial charge >= 0.3 is 0 Å². The van der Waals surface area contributed by atoms with E-state index in [0.717, 1.165) is 10.5 Å². The zero-order valence-corrected chi connectivity index (χ0v) is 16.4. The van der Waals surface area contributed by atoms with E-state index in [1.54, 1.807) is 48.4 Å². The van der Waals surface area contributed by atoms with Gasteiger partial charge in [-0.25, -0.2) is 14.6 Å². The minimum Gasteiger partial charge on any atom is -0.486 e. The van der Waals surface area contributed by atoms with Crippen LogP contribution in [0.3, 0.4) is 0 Å². The fourth-order valence-corrected chi connectivity index (χ4v) is 4.04. The molecule has 3 aromatic heterocycles. The van der Waals surface area contributed by atoms with Gasteiger partial charge in [0.1, 0.15) is 18.9 Å². The first-order valence-electron chi connectivity index (χ1n) is 9.68. The lowest BCUT2D eigenvalue weighted by atomic mass is 10.0. The first kappa shape index (κ1) is 17.6. The number of pyridine rings is 2. The van der Waals surface area contributed by atoms with Crippen LogP contribution in [0.5, 0.6) is 11.5 Å². The molecule has 6 rings (SSSR count). The van der Waals surface area contributed by atoms with E-state index in [4.69, 9.17) is 9.47 Å². The molecule has 0 saturated carbocycles. The third-order valence-corrected chi connectivity index (χ3v) is 5.42. The van der Waals surface area contributed by atoms with Crippen molar-refractivity contribution < 1.29 is 19.1 Å². The minimum absolute atomic E-state index is 0.241. The third-order valence-electron chi connectivity index (χ3n) is 5.42. The molecule has 5 heterocycles. The number of hydrogen-bond acceptors (Lipinski definition) is 7. The van der Waals surface area contributed by atoms with E-state index in [-0.39, 0.29) is 11.1 Å². The topological polar surface area (TPSA) is 99.4 Å². The lowest BCUT2D eigenvalue weighted by Gasteiger charge is -2.21. The molecule has 0 radical (unpaired) electrons. The van der Waals surface area contributed by atoms with Gasteiger partial charge in [0.15, 0.2) is 17.1 Å². The van der Waals surface area contributed by atoms with E-state index < -0.39 is 11.8 Å². The molecule has 0 fully saturated rings. The average molecular weight is 413 g/mol. The molecule has 31 heavy (non-hydrogen) atoms.